The van der Waals surface area contributed by atoms with Crippen LogP contribution in [0.3, 0.4) is 0 Å². The highest BCUT2D eigenvalue weighted by atomic mass is 14.7. The van der Waals surface area contributed by atoms with Crippen molar-refractivity contribution in [2.75, 3.05) is 0 Å². The molecule has 0 aliphatic heterocycles. The molecule has 0 saturated carbocycles. The lowest BCUT2D eigenvalue weighted by atomic mass is 10.1. The van der Waals surface area contributed by atoms with Gasteiger partial charge in [0.1, 0.15) is 0 Å². The first-order chi connectivity index (χ1) is 9.80. The van der Waals surface area contributed by atoms with Crippen molar-refractivity contribution in [2.24, 2.45) is 0 Å². The number of H-pyrrole nitrogens is 2. The predicted molar refractivity (Wildman–Crippen MR) is 86.2 cm³/mol. The third-order valence-electron chi connectivity index (χ3n) is 3.36. The first kappa shape index (κ1) is 12.3. The Balaban J connectivity index is 1.90. The summed E-state index contributed by atoms with van der Waals surface area (Å²) in [5, 5.41) is 0. The number of aromatic nitrogens is 2. The number of rotatable bonds is 4. The quantitative estimate of drug-likeness (QED) is 0.664. The second kappa shape index (κ2) is 5.10. The molecule has 0 aliphatic rings. The Labute approximate surface area is 118 Å². The molecular formula is C18H16N2. The van der Waals surface area contributed by atoms with Crippen LogP contribution in [0.2, 0.25) is 0 Å². The molecule has 2 nitrogen and oxygen atoms in total. The Morgan fingerprint density at radius 1 is 0.600 bits per heavy atom. The highest BCUT2D eigenvalue weighted by molar-refractivity contribution is 5.69. The van der Waals surface area contributed by atoms with E-state index in [0.29, 0.717) is 0 Å². The van der Waals surface area contributed by atoms with Crippen molar-refractivity contribution < 1.29 is 0 Å². The van der Waals surface area contributed by atoms with E-state index in [1.165, 1.54) is 0 Å². The fourth-order valence-corrected chi connectivity index (χ4v) is 2.23. The molecule has 0 bridgehead atoms. The highest BCUT2D eigenvalue weighted by Gasteiger charge is 2.03. The summed E-state index contributed by atoms with van der Waals surface area (Å²) in [4.78, 5) is 6.62. The molecule has 0 unspecified atom stereocenters. The van der Waals surface area contributed by atoms with Crippen LogP contribution in [-0.2, 0) is 0 Å². The van der Waals surface area contributed by atoms with Crippen LogP contribution in [0.5, 0.6) is 0 Å². The van der Waals surface area contributed by atoms with E-state index in [4.69, 9.17) is 0 Å². The van der Waals surface area contributed by atoms with Gasteiger partial charge in [0.05, 0.1) is 0 Å². The van der Waals surface area contributed by atoms with Crippen molar-refractivity contribution in [1.29, 1.82) is 0 Å². The van der Waals surface area contributed by atoms with Gasteiger partial charge >= 0.3 is 0 Å². The van der Waals surface area contributed by atoms with E-state index in [2.05, 4.69) is 59.5 Å². The molecule has 2 heteroatoms. The summed E-state index contributed by atoms with van der Waals surface area (Å²) in [6, 6.07) is 16.6. The van der Waals surface area contributed by atoms with Crippen LogP contribution in [-0.4, -0.2) is 9.97 Å². The number of benzene rings is 1. The van der Waals surface area contributed by atoms with Crippen LogP contribution in [0.4, 0.5) is 0 Å². The third kappa shape index (κ3) is 2.24. The SMILES string of the molecule is C=Cc1ccc(-c2ccc(-c3ccc(C=C)[nH]3)cc2)[nH]1. The van der Waals surface area contributed by atoms with Crippen molar-refractivity contribution in [3.8, 4) is 22.5 Å². The van der Waals surface area contributed by atoms with Gasteiger partial charge in [0.15, 0.2) is 0 Å². The number of aromatic amines is 2. The van der Waals surface area contributed by atoms with Gasteiger partial charge in [0.2, 0.25) is 0 Å². The Bertz CT molecular complexity index is 677. The molecule has 2 aromatic heterocycles. The van der Waals surface area contributed by atoms with E-state index < -0.39 is 0 Å². The van der Waals surface area contributed by atoms with Gasteiger partial charge in [-0.15, -0.1) is 0 Å². The summed E-state index contributed by atoms with van der Waals surface area (Å²) in [6.07, 6.45) is 3.63. The second-order valence-electron chi connectivity index (χ2n) is 4.64. The lowest BCUT2D eigenvalue weighted by Gasteiger charge is -2.02. The van der Waals surface area contributed by atoms with E-state index in [-0.39, 0.29) is 0 Å². The maximum Gasteiger partial charge on any atom is 0.0458 e. The molecule has 0 amide bonds. The molecule has 3 rings (SSSR count). The van der Waals surface area contributed by atoms with Gasteiger partial charge in [-0.25, -0.2) is 0 Å². The summed E-state index contributed by atoms with van der Waals surface area (Å²) in [7, 11) is 0. The standard InChI is InChI=1S/C18H16N2/c1-3-15-9-11-17(19-15)13-5-7-14(8-6-13)18-12-10-16(4-2)20-18/h3-12,19-20H,1-2H2. The minimum atomic E-state index is 1.03. The van der Waals surface area contributed by atoms with Crippen LogP contribution >= 0.6 is 0 Å². The van der Waals surface area contributed by atoms with Gasteiger partial charge < -0.3 is 9.97 Å². The average Bonchev–Trinajstić information content (AvgIpc) is 3.16. The van der Waals surface area contributed by atoms with Crippen molar-refractivity contribution >= 4 is 12.2 Å². The lowest BCUT2D eigenvalue weighted by Crippen LogP contribution is -1.81. The summed E-state index contributed by atoms with van der Waals surface area (Å²) < 4.78 is 0. The van der Waals surface area contributed by atoms with E-state index >= 15 is 0 Å². The molecule has 98 valence electrons. The molecular weight excluding hydrogens is 244 g/mol. The van der Waals surface area contributed by atoms with Gasteiger partial charge in [-0.2, -0.15) is 0 Å². The minimum absolute atomic E-state index is 1.03. The molecule has 2 heterocycles. The van der Waals surface area contributed by atoms with Gasteiger partial charge in [-0.1, -0.05) is 37.4 Å². The zero-order valence-electron chi connectivity index (χ0n) is 11.2. The summed E-state index contributed by atoms with van der Waals surface area (Å²) >= 11 is 0. The summed E-state index contributed by atoms with van der Waals surface area (Å²) in [6.45, 7) is 7.52. The Kier molecular flexibility index (Phi) is 3.13. The Morgan fingerprint density at radius 3 is 1.30 bits per heavy atom. The first-order valence-corrected chi connectivity index (χ1v) is 6.54. The number of hydrogen-bond acceptors (Lipinski definition) is 0. The summed E-state index contributed by atoms with van der Waals surface area (Å²) in [5.74, 6) is 0. The number of nitrogens with one attached hydrogen (secondary N) is 2. The maximum absolute atomic E-state index is 3.76. The van der Waals surface area contributed by atoms with E-state index in [9.17, 15) is 0 Å². The largest absolute Gasteiger partial charge is 0.355 e. The molecule has 3 aromatic rings. The normalized spacial score (nSPS) is 10.4. The van der Waals surface area contributed by atoms with Crippen LogP contribution < -0.4 is 0 Å². The second-order valence-corrected chi connectivity index (χ2v) is 4.64. The van der Waals surface area contributed by atoms with Crippen molar-refractivity contribution in [2.45, 2.75) is 0 Å². The third-order valence-corrected chi connectivity index (χ3v) is 3.36. The molecule has 0 saturated heterocycles. The minimum Gasteiger partial charge on any atom is -0.355 e. The molecule has 20 heavy (non-hydrogen) atoms. The Hall–Kier alpha value is -2.74. The van der Waals surface area contributed by atoms with E-state index in [0.717, 1.165) is 33.9 Å². The maximum atomic E-state index is 3.76. The van der Waals surface area contributed by atoms with Crippen LogP contribution in [0, 0.1) is 0 Å². The fourth-order valence-electron chi connectivity index (χ4n) is 2.23. The monoisotopic (exact) mass is 260 g/mol. The fraction of sp³-hybridized carbons (Fsp3) is 0. The topological polar surface area (TPSA) is 31.6 Å². The van der Waals surface area contributed by atoms with Crippen molar-refractivity contribution in [1.82, 2.24) is 9.97 Å². The summed E-state index contributed by atoms with van der Waals surface area (Å²) in [5.41, 5.74) is 6.59. The van der Waals surface area contributed by atoms with Gasteiger partial charge in [-0.3, -0.25) is 0 Å². The molecule has 0 spiro atoms. The van der Waals surface area contributed by atoms with Gasteiger partial charge in [0, 0.05) is 22.8 Å². The van der Waals surface area contributed by atoms with Crippen LogP contribution in [0.1, 0.15) is 11.4 Å². The smallest absolute Gasteiger partial charge is 0.0458 e. The van der Waals surface area contributed by atoms with Crippen molar-refractivity contribution in [3.63, 3.8) is 0 Å². The van der Waals surface area contributed by atoms with E-state index in [1.54, 1.807) is 0 Å². The molecule has 0 fully saturated rings. The van der Waals surface area contributed by atoms with Crippen molar-refractivity contribution in [3.05, 3.63) is 73.1 Å². The molecule has 1 aromatic carbocycles. The molecule has 2 N–H and O–H groups in total. The molecule has 0 aliphatic carbocycles. The predicted octanol–water partition coefficient (Wildman–Crippen LogP) is 4.96. The first-order valence-electron chi connectivity index (χ1n) is 6.54. The zero-order chi connectivity index (χ0) is 13.9. The van der Waals surface area contributed by atoms with Gasteiger partial charge in [-0.05, 0) is 47.5 Å². The van der Waals surface area contributed by atoms with Crippen LogP contribution in [0.25, 0.3) is 34.7 Å². The molecule has 0 atom stereocenters. The average molecular weight is 260 g/mol. The highest BCUT2D eigenvalue weighted by Crippen LogP contribution is 2.24. The molecule has 0 radical (unpaired) electrons. The zero-order valence-corrected chi connectivity index (χ0v) is 11.2. The number of hydrogen-bond donors (Lipinski definition) is 2. The Morgan fingerprint density at radius 2 is 1.00 bits per heavy atom. The van der Waals surface area contributed by atoms with E-state index in [1.807, 2.05) is 24.3 Å². The lowest BCUT2D eigenvalue weighted by molar-refractivity contribution is 1.36. The van der Waals surface area contributed by atoms with Gasteiger partial charge in [0.25, 0.3) is 0 Å². The van der Waals surface area contributed by atoms with Crippen LogP contribution in [0.15, 0.2) is 61.7 Å².